The summed E-state index contributed by atoms with van der Waals surface area (Å²) in [4.78, 5) is 12.0. The number of nitrogens with two attached hydrogens (primary N) is 1. The van der Waals surface area contributed by atoms with Crippen LogP contribution < -0.4 is 11.1 Å². The number of hydrogen-bond donors (Lipinski definition) is 2. The van der Waals surface area contributed by atoms with Crippen molar-refractivity contribution in [3.63, 3.8) is 0 Å². The van der Waals surface area contributed by atoms with E-state index in [2.05, 4.69) is 12.2 Å². The second kappa shape index (κ2) is 4.87. The Labute approximate surface area is 81.9 Å². The van der Waals surface area contributed by atoms with Crippen LogP contribution in [0.2, 0.25) is 0 Å². The molecule has 72 valence electrons. The molecule has 0 aromatic carbocycles. The Morgan fingerprint density at radius 3 is 3.00 bits per heavy atom. The van der Waals surface area contributed by atoms with Crippen LogP contribution in [0.4, 0.5) is 5.69 Å². The van der Waals surface area contributed by atoms with E-state index in [1.807, 2.05) is 5.38 Å². The van der Waals surface area contributed by atoms with E-state index in [0.717, 1.165) is 19.4 Å². The van der Waals surface area contributed by atoms with Gasteiger partial charge in [-0.3, -0.25) is 4.79 Å². The summed E-state index contributed by atoms with van der Waals surface area (Å²) in [6, 6.07) is 1.75. The zero-order valence-electron chi connectivity index (χ0n) is 7.67. The average molecular weight is 198 g/mol. The summed E-state index contributed by atoms with van der Waals surface area (Å²) in [5.74, 6) is -0.0547. The number of nitrogen functional groups attached to an aromatic ring is 1. The topological polar surface area (TPSA) is 55.1 Å². The maximum absolute atomic E-state index is 11.4. The maximum Gasteiger partial charge on any atom is 0.263 e. The molecule has 1 heterocycles. The second-order valence-electron chi connectivity index (χ2n) is 2.81. The molecule has 0 aliphatic heterocycles. The van der Waals surface area contributed by atoms with Crippen LogP contribution in [0.25, 0.3) is 0 Å². The van der Waals surface area contributed by atoms with Crippen molar-refractivity contribution < 1.29 is 4.79 Å². The van der Waals surface area contributed by atoms with Gasteiger partial charge in [0, 0.05) is 6.54 Å². The number of carbonyl (C=O) groups excluding carboxylic acids is 1. The molecule has 0 aliphatic carbocycles. The molecule has 0 atom stereocenters. The minimum Gasteiger partial charge on any atom is -0.397 e. The number of unbranched alkanes of at least 4 members (excludes halogenated alkanes) is 1. The number of thiophene rings is 1. The van der Waals surface area contributed by atoms with Crippen LogP contribution in [0, 0.1) is 0 Å². The molecule has 0 saturated carbocycles. The Morgan fingerprint density at radius 1 is 1.69 bits per heavy atom. The number of rotatable bonds is 4. The summed E-state index contributed by atoms with van der Waals surface area (Å²) in [6.45, 7) is 2.82. The highest BCUT2D eigenvalue weighted by molar-refractivity contribution is 7.12. The highest BCUT2D eigenvalue weighted by atomic mass is 32.1. The summed E-state index contributed by atoms with van der Waals surface area (Å²) in [5, 5.41) is 4.64. The van der Waals surface area contributed by atoms with Gasteiger partial charge in [0.25, 0.3) is 5.91 Å². The third-order valence-corrected chi connectivity index (χ3v) is 2.65. The lowest BCUT2D eigenvalue weighted by Crippen LogP contribution is -2.24. The standard InChI is InChI=1S/C9H14N2OS/c1-2-3-5-11-9(12)8-7(10)4-6-13-8/h4,6H,2-3,5,10H2,1H3,(H,11,12). The first-order chi connectivity index (χ1) is 6.25. The molecule has 3 nitrogen and oxygen atoms in total. The fraction of sp³-hybridized carbons (Fsp3) is 0.444. The molecule has 0 unspecified atom stereocenters. The van der Waals surface area contributed by atoms with E-state index in [4.69, 9.17) is 5.73 Å². The summed E-state index contributed by atoms with van der Waals surface area (Å²) < 4.78 is 0. The molecule has 13 heavy (non-hydrogen) atoms. The van der Waals surface area contributed by atoms with E-state index < -0.39 is 0 Å². The lowest BCUT2D eigenvalue weighted by atomic mass is 10.3. The van der Waals surface area contributed by atoms with Crippen LogP contribution in [0.5, 0.6) is 0 Å². The molecule has 0 bridgehead atoms. The normalized spacial score (nSPS) is 9.92. The van der Waals surface area contributed by atoms with Gasteiger partial charge >= 0.3 is 0 Å². The predicted molar refractivity (Wildman–Crippen MR) is 56.0 cm³/mol. The van der Waals surface area contributed by atoms with Crippen molar-refractivity contribution in [2.75, 3.05) is 12.3 Å². The summed E-state index contributed by atoms with van der Waals surface area (Å²) in [7, 11) is 0. The quantitative estimate of drug-likeness (QED) is 0.725. The van der Waals surface area contributed by atoms with Crippen molar-refractivity contribution in [3.05, 3.63) is 16.3 Å². The number of amides is 1. The SMILES string of the molecule is CCCCNC(=O)c1sccc1N. The van der Waals surface area contributed by atoms with Gasteiger partial charge in [-0.2, -0.15) is 0 Å². The molecule has 4 heteroatoms. The van der Waals surface area contributed by atoms with E-state index in [9.17, 15) is 4.79 Å². The Balaban J connectivity index is 2.45. The van der Waals surface area contributed by atoms with Crippen LogP contribution in [0.3, 0.4) is 0 Å². The van der Waals surface area contributed by atoms with E-state index in [1.54, 1.807) is 6.07 Å². The first-order valence-corrected chi connectivity index (χ1v) is 5.24. The lowest BCUT2D eigenvalue weighted by Gasteiger charge is -2.02. The zero-order chi connectivity index (χ0) is 9.68. The molecular formula is C9H14N2OS. The van der Waals surface area contributed by atoms with E-state index in [1.165, 1.54) is 11.3 Å². The summed E-state index contributed by atoms with van der Waals surface area (Å²) in [5.41, 5.74) is 6.16. The fourth-order valence-electron chi connectivity index (χ4n) is 0.963. The summed E-state index contributed by atoms with van der Waals surface area (Å²) >= 11 is 1.38. The van der Waals surface area contributed by atoms with Gasteiger partial charge < -0.3 is 11.1 Å². The third-order valence-electron chi connectivity index (χ3n) is 1.72. The van der Waals surface area contributed by atoms with E-state index >= 15 is 0 Å². The van der Waals surface area contributed by atoms with Gasteiger partial charge in [0.15, 0.2) is 0 Å². The minimum absolute atomic E-state index is 0.0547. The minimum atomic E-state index is -0.0547. The summed E-state index contributed by atoms with van der Waals surface area (Å²) in [6.07, 6.45) is 2.09. The lowest BCUT2D eigenvalue weighted by molar-refractivity contribution is 0.0958. The Kier molecular flexibility index (Phi) is 3.76. The van der Waals surface area contributed by atoms with Crippen molar-refractivity contribution in [1.82, 2.24) is 5.32 Å². The van der Waals surface area contributed by atoms with Gasteiger partial charge in [-0.25, -0.2) is 0 Å². The molecule has 1 amide bonds. The second-order valence-corrected chi connectivity index (χ2v) is 3.73. The molecular weight excluding hydrogens is 184 g/mol. The van der Waals surface area contributed by atoms with Crippen molar-refractivity contribution in [1.29, 1.82) is 0 Å². The molecule has 0 radical (unpaired) electrons. The fourth-order valence-corrected chi connectivity index (χ4v) is 1.70. The van der Waals surface area contributed by atoms with Crippen LogP contribution in [-0.2, 0) is 0 Å². The largest absolute Gasteiger partial charge is 0.397 e. The Bertz CT molecular complexity index is 283. The van der Waals surface area contributed by atoms with Gasteiger partial charge in [-0.05, 0) is 17.9 Å². The molecule has 1 rings (SSSR count). The zero-order valence-corrected chi connectivity index (χ0v) is 8.49. The molecule has 0 aliphatic rings. The number of anilines is 1. The molecule has 3 N–H and O–H groups in total. The van der Waals surface area contributed by atoms with Crippen molar-refractivity contribution in [3.8, 4) is 0 Å². The van der Waals surface area contributed by atoms with Gasteiger partial charge in [-0.15, -0.1) is 11.3 Å². The predicted octanol–water partition coefficient (Wildman–Crippen LogP) is 1.86. The third kappa shape index (κ3) is 2.73. The molecule has 1 aromatic heterocycles. The Morgan fingerprint density at radius 2 is 2.46 bits per heavy atom. The van der Waals surface area contributed by atoms with Crippen molar-refractivity contribution >= 4 is 22.9 Å². The highest BCUT2D eigenvalue weighted by Gasteiger charge is 2.09. The smallest absolute Gasteiger partial charge is 0.263 e. The molecule has 1 aromatic rings. The maximum atomic E-state index is 11.4. The highest BCUT2D eigenvalue weighted by Crippen LogP contribution is 2.18. The van der Waals surface area contributed by atoms with Gasteiger partial charge in [0.05, 0.1) is 5.69 Å². The van der Waals surface area contributed by atoms with Gasteiger partial charge in [0.2, 0.25) is 0 Å². The number of carbonyl (C=O) groups is 1. The van der Waals surface area contributed by atoms with Crippen molar-refractivity contribution in [2.24, 2.45) is 0 Å². The first-order valence-electron chi connectivity index (χ1n) is 4.37. The van der Waals surface area contributed by atoms with Crippen LogP contribution >= 0.6 is 11.3 Å². The molecule has 0 saturated heterocycles. The van der Waals surface area contributed by atoms with Crippen LogP contribution in [0.1, 0.15) is 29.4 Å². The Hall–Kier alpha value is -1.03. The monoisotopic (exact) mass is 198 g/mol. The van der Waals surface area contributed by atoms with Crippen LogP contribution in [0.15, 0.2) is 11.4 Å². The molecule has 0 spiro atoms. The van der Waals surface area contributed by atoms with Gasteiger partial charge in [0.1, 0.15) is 4.88 Å². The number of hydrogen-bond acceptors (Lipinski definition) is 3. The number of nitrogens with one attached hydrogen (secondary N) is 1. The molecule has 0 fully saturated rings. The van der Waals surface area contributed by atoms with E-state index in [-0.39, 0.29) is 5.91 Å². The first kappa shape index (κ1) is 10.1. The van der Waals surface area contributed by atoms with Crippen molar-refractivity contribution in [2.45, 2.75) is 19.8 Å². The van der Waals surface area contributed by atoms with E-state index in [0.29, 0.717) is 10.6 Å². The van der Waals surface area contributed by atoms with Gasteiger partial charge in [-0.1, -0.05) is 13.3 Å². The van der Waals surface area contributed by atoms with Crippen LogP contribution in [-0.4, -0.2) is 12.5 Å². The average Bonchev–Trinajstić information content (AvgIpc) is 2.52.